The van der Waals surface area contributed by atoms with Crippen LogP contribution in [-0.4, -0.2) is 35.7 Å². The summed E-state index contributed by atoms with van der Waals surface area (Å²) in [6.07, 6.45) is 4.71. The van der Waals surface area contributed by atoms with Gasteiger partial charge in [-0.3, -0.25) is 9.78 Å². The number of halogens is 4. The Balaban J connectivity index is 1.64. The van der Waals surface area contributed by atoms with E-state index in [4.69, 9.17) is 46.4 Å². The highest BCUT2D eigenvalue weighted by Crippen LogP contribution is 2.33. The Morgan fingerprint density at radius 1 is 0.939 bits per heavy atom. The van der Waals surface area contributed by atoms with Crippen LogP contribution in [0.3, 0.4) is 0 Å². The lowest BCUT2D eigenvalue weighted by Crippen LogP contribution is -2.31. The number of carbonyl (C=O) groups excluding carboxylic acids is 1. The fourth-order valence-electron chi connectivity index (χ4n) is 3.08. The van der Waals surface area contributed by atoms with Gasteiger partial charge in [-0.2, -0.15) is 0 Å². The number of aromatic nitrogens is 4. The van der Waals surface area contributed by atoms with Gasteiger partial charge in [-0.15, -0.1) is 5.10 Å². The highest BCUT2D eigenvalue weighted by Gasteiger charge is 2.22. The van der Waals surface area contributed by atoms with E-state index in [9.17, 15) is 9.90 Å². The number of amides is 1. The number of nitrogens with zero attached hydrogens (tertiary/aromatic N) is 5. The molecule has 1 N–H and O–H groups in total. The zero-order chi connectivity index (χ0) is 23.5. The van der Waals surface area contributed by atoms with Gasteiger partial charge in [0.15, 0.2) is 5.75 Å². The van der Waals surface area contributed by atoms with Gasteiger partial charge >= 0.3 is 0 Å². The first-order chi connectivity index (χ1) is 15.8. The van der Waals surface area contributed by atoms with E-state index in [1.165, 1.54) is 23.1 Å². The Hall–Kier alpha value is -2.84. The molecule has 2 aromatic heterocycles. The fraction of sp³-hybridized carbons (Fsp3) is 0.0909. The maximum absolute atomic E-state index is 13.4. The molecule has 0 radical (unpaired) electrons. The second-order valence-corrected chi connectivity index (χ2v) is 8.67. The number of phenolic OH excluding ortho intramolecular Hbond substituents is 1. The van der Waals surface area contributed by atoms with Gasteiger partial charge in [0.05, 0.1) is 25.8 Å². The topological polar surface area (TPSA) is 84.1 Å². The quantitative estimate of drug-likeness (QED) is 0.344. The van der Waals surface area contributed by atoms with Crippen molar-refractivity contribution in [2.75, 3.05) is 0 Å². The molecule has 1 amide bonds. The number of hydrogen-bond acceptors (Lipinski definition) is 5. The minimum absolute atomic E-state index is 0.0285. The number of carbonyl (C=O) groups is 1. The van der Waals surface area contributed by atoms with E-state index < -0.39 is 5.91 Å². The van der Waals surface area contributed by atoms with E-state index in [0.29, 0.717) is 15.7 Å². The number of hydrogen-bond donors (Lipinski definition) is 1. The van der Waals surface area contributed by atoms with Crippen molar-refractivity contribution in [3.63, 3.8) is 0 Å². The molecule has 4 rings (SSSR count). The summed E-state index contributed by atoms with van der Waals surface area (Å²) >= 11 is 24.2. The molecule has 0 aliphatic carbocycles. The molecule has 0 fully saturated rings. The Morgan fingerprint density at radius 3 is 2.33 bits per heavy atom. The smallest absolute Gasteiger partial charge is 0.294 e. The van der Waals surface area contributed by atoms with E-state index in [1.54, 1.807) is 41.6 Å². The molecule has 0 aliphatic heterocycles. The Kier molecular flexibility index (Phi) is 7.05. The largest absolute Gasteiger partial charge is 0.505 e. The van der Waals surface area contributed by atoms with Gasteiger partial charge in [0, 0.05) is 25.5 Å². The third-order valence-electron chi connectivity index (χ3n) is 4.69. The third-order valence-corrected chi connectivity index (χ3v) is 6.01. The second kappa shape index (κ2) is 9.97. The van der Waals surface area contributed by atoms with Crippen LogP contribution in [0.25, 0.3) is 5.69 Å². The molecule has 0 aliphatic rings. The van der Waals surface area contributed by atoms with E-state index >= 15 is 0 Å². The highest BCUT2D eigenvalue weighted by atomic mass is 35.5. The van der Waals surface area contributed by atoms with E-state index in [0.717, 1.165) is 11.1 Å². The summed E-state index contributed by atoms with van der Waals surface area (Å²) in [4.78, 5) is 23.2. The number of pyridine rings is 1. The average molecular weight is 523 g/mol. The molecule has 7 nitrogen and oxygen atoms in total. The van der Waals surface area contributed by atoms with Crippen molar-refractivity contribution in [3.05, 3.63) is 98.2 Å². The van der Waals surface area contributed by atoms with Crippen LogP contribution >= 0.6 is 46.4 Å². The van der Waals surface area contributed by atoms with E-state index in [-0.39, 0.29) is 34.7 Å². The molecule has 168 valence electrons. The summed E-state index contributed by atoms with van der Waals surface area (Å²) in [7, 11) is 0. The minimum Gasteiger partial charge on any atom is -0.505 e. The Morgan fingerprint density at radius 2 is 1.67 bits per heavy atom. The van der Waals surface area contributed by atoms with Crippen LogP contribution in [0, 0.1) is 0 Å². The number of aromatic hydroxyl groups is 1. The maximum atomic E-state index is 13.4. The van der Waals surface area contributed by atoms with Crippen molar-refractivity contribution in [3.8, 4) is 11.4 Å². The molecule has 33 heavy (non-hydrogen) atoms. The van der Waals surface area contributed by atoms with Gasteiger partial charge in [-0.05, 0) is 41.5 Å². The van der Waals surface area contributed by atoms with Crippen LogP contribution in [0.15, 0.2) is 61.2 Å². The summed E-state index contributed by atoms with van der Waals surface area (Å²) in [6, 6.07) is 11.8. The molecule has 0 atom stereocenters. The SMILES string of the molecule is O=C(c1ncn(-c2cc(Cl)c(O)c(Cl)c2)n1)N(Cc1cccnc1)Cc1ccc(Cl)c(Cl)c1. The Labute approximate surface area is 209 Å². The molecule has 0 unspecified atom stereocenters. The van der Waals surface area contributed by atoms with Crippen molar-refractivity contribution in [2.45, 2.75) is 13.1 Å². The molecule has 2 aromatic carbocycles. The fourth-order valence-corrected chi connectivity index (χ4v) is 3.88. The van der Waals surface area contributed by atoms with Crippen LogP contribution in [-0.2, 0) is 13.1 Å². The van der Waals surface area contributed by atoms with E-state index in [1.807, 2.05) is 6.07 Å². The molecular formula is C22H15Cl4N5O2. The van der Waals surface area contributed by atoms with Crippen molar-refractivity contribution < 1.29 is 9.90 Å². The van der Waals surface area contributed by atoms with Gasteiger partial charge in [0.25, 0.3) is 5.91 Å². The standard InChI is InChI=1S/C22H15Cl4N5O2/c23-16-4-3-13(6-17(16)24)10-30(11-14-2-1-5-27-9-14)22(33)21-28-12-31(29-21)15-7-18(25)20(32)19(26)8-15/h1-9,12,32H,10-11H2. The van der Waals surface area contributed by atoms with Crippen molar-refractivity contribution in [1.29, 1.82) is 0 Å². The number of benzene rings is 2. The lowest BCUT2D eigenvalue weighted by Gasteiger charge is -2.22. The number of rotatable bonds is 6. The van der Waals surface area contributed by atoms with E-state index in [2.05, 4.69) is 15.1 Å². The van der Waals surface area contributed by atoms with Gasteiger partial charge in [0.2, 0.25) is 5.82 Å². The number of phenols is 1. The second-order valence-electron chi connectivity index (χ2n) is 7.04. The maximum Gasteiger partial charge on any atom is 0.294 e. The van der Waals surface area contributed by atoms with Gasteiger partial charge in [-0.1, -0.05) is 58.5 Å². The monoisotopic (exact) mass is 521 g/mol. The summed E-state index contributed by atoms with van der Waals surface area (Å²) in [6.45, 7) is 0.522. The predicted octanol–water partition coefficient (Wildman–Crippen LogP) is 5.82. The first-order valence-corrected chi connectivity index (χ1v) is 11.0. The van der Waals surface area contributed by atoms with Gasteiger partial charge < -0.3 is 10.0 Å². The summed E-state index contributed by atoms with van der Waals surface area (Å²) in [5, 5.41) is 15.0. The first-order valence-electron chi connectivity index (χ1n) is 9.54. The third kappa shape index (κ3) is 5.39. The van der Waals surface area contributed by atoms with Crippen LogP contribution in [0.2, 0.25) is 20.1 Å². The first kappa shape index (κ1) is 23.3. The molecule has 4 aromatic rings. The Bertz CT molecular complexity index is 1290. The average Bonchev–Trinajstić information content (AvgIpc) is 3.30. The molecule has 0 bridgehead atoms. The van der Waals surface area contributed by atoms with Crippen LogP contribution in [0.1, 0.15) is 21.7 Å². The molecule has 0 saturated heterocycles. The van der Waals surface area contributed by atoms with Crippen LogP contribution in [0.5, 0.6) is 5.75 Å². The lowest BCUT2D eigenvalue weighted by molar-refractivity contribution is 0.0717. The van der Waals surface area contributed by atoms with Crippen LogP contribution in [0.4, 0.5) is 0 Å². The summed E-state index contributed by atoms with van der Waals surface area (Å²) < 4.78 is 1.35. The van der Waals surface area contributed by atoms with Crippen molar-refractivity contribution >= 4 is 52.3 Å². The van der Waals surface area contributed by atoms with Crippen LogP contribution < -0.4 is 0 Å². The van der Waals surface area contributed by atoms with Crippen molar-refractivity contribution in [1.82, 2.24) is 24.6 Å². The summed E-state index contributed by atoms with van der Waals surface area (Å²) in [5.74, 6) is -0.665. The van der Waals surface area contributed by atoms with Gasteiger partial charge in [0.1, 0.15) is 6.33 Å². The molecular weight excluding hydrogens is 508 g/mol. The molecule has 0 saturated carbocycles. The van der Waals surface area contributed by atoms with Gasteiger partial charge in [-0.25, -0.2) is 9.67 Å². The van der Waals surface area contributed by atoms with Crippen molar-refractivity contribution in [2.24, 2.45) is 0 Å². The molecule has 11 heteroatoms. The zero-order valence-corrected chi connectivity index (χ0v) is 19.8. The minimum atomic E-state index is -0.403. The zero-order valence-electron chi connectivity index (χ0n) is 16.8. The normalized spacial score (nSPS) is 10.9. The molecule has 2 heterocycles. The summed E-state index contributed by atoms with van der Waals surface area (Å²) in [5.41, 5.74) is 2.07. The highest BCUT2D eigenvalue weighted by molar-refractivity contribution is 6.42. The lowest BCUT2D eigenvalue weighted by atomic mass is 10.2. The predicted molar refractivity (Wildman–Crippen MR) is 127 cm³/mol. The molecule has 0 spiro atoms.